The number of benzene rings is 1. The quantitative estimate of drug-likeness (QED) is 0.751. The van der Waals surface area contributed by atoms with Gasteiger partial charge in [0.2, 0.25) is 0 Å². The molecule has 0 spiro atoms. The maximum Gasteiger partial charge on any atom is 0.412 e. The zero-order chi connectivity index (χ0) is 16.6. The average molecular weight is 332 g/mol. The summed E-state index contributed by atoms with van der Waals surface area (Å²) >= 11 is 6.03. The number of rotatable bonds is 7. The molecule has 1 aromatic rings. The topological polar surface area (TPSA) is 77.0 Å². The molecule has 7 heteroatoms. The zero-order valence-electron chi connectivity index (χ0n) is 13.0. The predicted molar refractivity (Wildman–Crippen MR) is 84.7 cm³/mol. The van der Waals surface area contributed by atoms with Crippen molar-refractivity contribution in [1.29, 1.82) is 0 Å². The molecule has 1 aromatic carbocycles. The number of hydrogen-bond donors (Lipinski definition) is 2. The number of aliphatic hydroxyl groups excluding tert-OH is 1. The lowest BCUT2D eigenvalue weighted by atomic mass is 10.2. The van der Waals surface area contributed by atoms with E-state index in [1.807, 2.05) is 0 Å². The van der Waals surface area contributed by atoms with E-state index in [1.165, 1.54) is 0 Å². The number of amides is 1. The highest BCUT2D eigenvalue weighted by Crippen LogP contribution is 2.28. The molecule has 124 valence electrons. The summed E-state index contributed by atoms with van der Waals surface area (Å²) in [4.78, 5) is 11.7. The van der Waals surface area contributed by atoms with Crippen LogP contribution in [0.3, 0.4) is 0 Å². The van der Waals surface area contributed by atoms with Crippen LogP contribution in [-0.2, 0) is 9.47 Å². The van der Waals surface area contributed by atoms with Gasteiger partial charge in [0.05, 0.1) is 24.8 Å². The van der Waals surface area contributed by atoms with Crippen LogP contribution in [0.2, 0.25) is 5.02 Å². The standard InChI is InChI=1S/C15H22ClNO5/c1-15(2,3)22-14(19)17-11-4-5-12(16)13(10-11)21-9-8-20-7-6-18/h4-5,10,18H,6-9H2,1-3H3,(H,17,19). The molecular formula is C15H22ClNO5. The lowest BCUT2D eigenvalue weighted by Gasteiger charge is -2.20. The second kappa shape index (κ2) is 8.82. The van der Waals surface area contributed by atoms with Crippen LogP contribution < -0.4 is 10.1 Å². The number of halogens is 1. The van der Waals surface area contributed by atoms with Crippen LogP contribution in [0.25, 0.3) is 0 Å². The Morgan fingerprint density at radius 2 is 2.00 bits per heavy atom. The van der Waals surface area contributed by atoms with Crippen molar-refractivity contribution in [3.63, 3.8) is 0 Å². The first-order valence-corrected chi connectivity index (χ1v) is 7.30. The van der Waals surface area contributed by atoms with E-state index in [2.05, 4.69) is 5.32 Å². The normalized spacial score (nSPS) is 11.1. The van der Waals surface area contributed by atoms with E-state index in [4.69, 9.17) is 30.9 Å². The molecule has 0 bridgehead atoms. The number of nitrogens with one attached hydrogen (secondary N) is 1. The SMILES string of the molecule is CC(C)(C)OC(=O)Nc1ccc(Cl)c(OCCOCCO)c1. The minimum Gasteiger partial charge on any atom is -0.490 e. The number of aliphatic hydroxyl groups is 1. The highest BCUT2D eigenvalue weighted by molar-refractivity contribution is 6.32. The van der Waals surface area contributed by atoms with Crippen molar-refractivity contribution in [2.24, 2.45) is 0 Å². The highest BCUT2D eigenvalue weighted by atomic mass is 35.5. The fourth-order valence-electron chi connectivity index (χ4n) is 1.49. The first kappa shape index (κ1) is 18.5. The summed E-state index contributed by atoms with van der Waals surface area (Å²) in [7, 11) is 0. The molecule has 0 heterocycles. The summed E-state index contributed by atoms with van der Waals surface area (Å²) in [6.45, 7) is 6.21. The van der Waals surface area contributed by atoms with E-state index in [9.17, 15) is 4.79 Å². The number of carbonyl (C=O) groups is 1. The van der Waals surface area contributed by atoms with Crippen LogP contribution in [0.5, 0.6) is 5.75 Å². The van der Waals surface area contributed by atoms with Crippen LogP contribution >= 0.6 is 11.6 Å². The number of hydrogen-bond acceptors (Lipinski definition) is 5. The summed E-state index contributed by atoms with van der Waals surface area (Å²) in [5.41, 5.74) is -0.0511. The molecule has 1 rings (SSSR count). The molecule has 6 nitrogen and oxygen atoms in total. The van der Waals surface area contributed by atoms with Gasteiger partial charge in [-0.3, -0.25) is 5.32 Å². The van der Waals surface area contributed by atoms with E-state index < -0.39 is 11.7 Å². The van der Waals surface area contributed by atoms with Crippen LogP contribution in [0.1, 0.15) is 20.8 Å². The third-order valence-corrected chi connectivity index (χ3v) is 2.61. The molecule has 0 unspecified atom stereocenters. The van der Waals surface area contributed by atoms with Gasteiger partial charge in [-0.25, -0.2) is 4.79 Å². The van der Waals surface area contributed by atoms with Crippen molar-refractivity contribution in [3.05, 3.63) is 23.2 Å². The van der Waals surface area contributed by atoms with Gasteiger partial charge in [-0.2, -0.15) is 0 Å². The number of carbonyl (C=O) groups excluding carboxylic acids is 1. The highest BCUT2D eigenvalue weighted by Gasteiger charge is 2.16. The van der Waals surface area contributed by atoms with Crippen molar-refractivity contribution in [2.45, 2.75) is 26.4 Å². The van der Waals surface area contributed by atoms with Crippen molar-refractivity contribution >= 4 is 23.4 Å². The molecule has 0 saturated heterocycles. The Bertz CT molecular complexity index is 487. The van der Waals surface area contributed by atoms with E-state index in [0.717, 1.165) is 0 Å². The van der Waals surface area contributed by atoms with Crippen molar-refractivity contribution in [1.82, 2.24) is 0 Å². The van der Waals surface area contributed by atoms with Gasteiger partial charge in [0.1, 0.15) is 18.0 Å². The molecule has 2 N–H and O–H groups in total. The molecule has 0 aliphatic carbocycles. The maximum atomic E-state index is 11.7. The van der Waals surface area contributed by atoms with Gasteiger partial charge in [0, 0.05) is 11.8 Å². The maximum absolute atomic E-state index is 11.7. The van der Waals surface area contributed by atoms with Gasteiger partial charge < -0.3 is 19.3 Å². The molecular weight excluding hydrogens is 310 g/mol. The van der Waals surface area contributed by atoms with Crippen molar-refractivity contribution < 1.29 is 24.1 Å². The second-order valence-electron chi connectivity index (χ2n) is 5.46. The Morgan fingerprint density at radius 3 is 2.64 bits per heavy atom. The minimum atomic E-state index is -0.570. The first-order valence-electron chi connectivity index (χ1n) is 6.93. The van der Waals surface area contributed by atoms with Crippen LogP contribution in [0.15, 0.2) is 18.2 Å². The smallest absolute Gasteiger partial charge is 0.412 e. The summed E-state index contributed by atoms with van der Waals surface area (Å²) in [5, 5.41) is 11.6. The second-order valence-corrected chi connectivity index (χ2v) is 5.86. The fraction of sp³-hybridized carbons (Fsp3) is 0.533. The summed E-state index contributed by atoms with van der Waals surface area (Å²) in [6.07, 6.45) is -0.549. The van der Waals surface area contributed by atoms with Gasteiger partial charge >= 0.3 is 6.09 Å². The molecule has 0 radical (unpaired) electrons. The molecule has 0 aliphatic heterocycles. The number of ether oxygens (including phenoxy) is 3. The molecule has 22 heavy (non-hydrogen) atoms. The van der Waals surface area contributed by atoms with E-state index in [1.54, 1.807) is 39.0 Å². The fourth-order valence-corrected chi connectivity index (χ4v) is 1.66. The Hall–Kier alpha value is -1.50. The third kappa shape index (κ3) is 7.49. The molecule has 0 aliphatic rings. The molecule has 0 saturated carbocycles. The van der Waals surface area contributed by atoms with Crippen LogP contribution in [0.4, 0.5) is 10.5 Å². The van der Waals surface area contributed by atoms with Crippen molar-refractivity contribution in [3.8, 4) is 5.75 Å². The lowest BCUT2D eigenvalue weighted by Crippen LogP contribution is -2.27. The molecule has 0 aromatic heterocycles. The van der Waals surface area contributed by atoms with Gasteiger partial charge in [-0.1, -0.05) is 11.6 Å². The van der Waals surface area contributed by atoms with Crippen LogP contribution in [-0.4, -0.2) is 43.2 Å². The minimum absolute atomic E-state index is 0.0317. The van der Waals surface area contributed by atoms with Gasteiger partial charge in [0.25, 0.3) is 0 Å². The Morgan fingerprint density at radius 1 is 1.27 bits per heavy atom. The van der Waals surface area contributed by atoms with Gasteiger partial charge in [-0.05, 0) is 32.9 Å². The molecule has 0 atom stereocenters. The molecule has 0 fully saturated rings. The van der Waals surface area contributed by atoms with E-state index >= 15 is 0 Å². The third-order valence-electron chi connectivity index (χ3n) is 2.30. The largest absolute Gasteiger partial charge is 0.490 e. The zero-order valence-corrected chi connectivity index (χ0v) is 13.8. The Labute approximate surface area is 135 Å². The Kier molecular flexibility index (Phi) is 7.44. The lowest BCUT2D eigenvalue weighted by molar-refractivity contribution is 0.0636. The summed E-state index contributed by atoms with van der Waals surface area (Å²) in [5.74, 6) is 0.433. The predicted octanol–water partition coefficient (Wildman–Crippen LogP) is 3.07. The van der Waals surface area contributed by atoms with E-state index in [0.29, 0.717) is 23.1 Å². The van der Waals surface area contributed by atoms with Gasteiger partial charge in [0.15, 0.2) is 0 Å². The summed E-state index contributed by atoms with van der Waals surface area (Å²) in [6, 6.07) is 4.89. The Balaban J connectivity index is 2.56. The first-order chi connectivity index (χ1) is 10.3. The van der Waals surface area contributed by atoms with Gasteiger partial charge in [-0.15, -0.1) is 0 Å². The summed E-state index contributed by atoms with van der Waals surface area (Å²) < 4.78 is 15.7. The van der Waals surface area contributed by atoms with Crippen molar-refractivity contribution in [2.75, 3.05) is 31.7 Å². The van der Waals surface area contributed by atoms with E-state index in [-0.39, 0.29) is 19.8 Å². The molecule has 1 amide bonds. The monoisotopic (exact) mass is 331 g/mol. The average Bonchev–Trinajstić information content (AvgIpc) is 2.39. The number of anilines is 1. The van der Waals surface area contributed by atoms with Crippen LogP contribution in [0, 0.1) is 0 Å².